The van der Waals surface area contributed by atoms with E-state index >= 15 is 0 Å². The lowest BCUT2D eigenvalue weighted by Gasteiger charge is -2.17. The molecular weight excluding hydrogens is 295 g/mol. The molecule has 1 aromatic carbocycles. The number of hydrogen-bond donors (Lipinski definition) is 0. The standard InChI is InChI=1S/C14H10ClFN4O/c1-20(14(21)12-6-19-13(15)7-18-12)8-10-4-9(5-17)2-3-11(10)16/h2-4,6-7H,8H2,1H3. The van der Waals surface area contributed by atoms with E-state index in [9.17, 15) is 9.18 Å². The molecule has 0 aliphatic rings. The van der Waals surface area contributed by atoms with Crippen molar-refractivity contribution in [3.8, 4) is 6.07 Å². The number of carbonyl (C=O) groups is 1. The molecule has 5 nitrogen and oxygen atoms in total. The van der Waals surface area contributed by atoms with Crippen LogP contribution >= 0.6 is 11.6 Å². The van der Waals surface area contributed by atoms with Crippen molar-refractivity contribution in [3.05, 3.63) is 58.4 Å². The molecule has 0 fully saturated rings. The Morgan fingerprint density at radius 3 is 2.81 bits per heavy atom. The number of nitrogens with zero attached hydrogens (tertiary/aromatic N) is 4. The van der Waals surface area contributed by atoms with Crippen LogP contribution in [-0.2, 0) is 6.54 Å². The van der Waals surface area contributed by atoms with Gasteiger partial charge in [0.15, 0.2) is 0 Å². The second kappa shape index (κ2) is 6.29. The van der Waals surface area contributed by atoms with Gasteiger partial charge in [-0.3, -0.25) is 4.79 Å². The molecule has 0 unspecified atom stereocenters. The predicted molar refractivity (Wildman–Crippen MR) is 74.0 cm³/mol. The molecule has 1 heterocycles. The van der Waals surface area contributed by atoms with Crippen molar-refractivity contribution in [2.45, 2.75) is 6.54 Å². The van der Waals surface area contributed by atoms with E-state index in [0.717, 1.165) is 0 Å². The third-order valence-corrected chi connectivity index (χ3v) is 2.96. The van der Waals surface area contributed by atoms with Gasteiger partial charge >= 0.3 is 0 Å². The molecule has 21 heavy (non-hydrogen) atoms. The van der Waals surface area contributed by atoms with Gasteiger partial charge in [0.2, 0.25) is 0 Å². The monoisotopic (exact) mass is 304 g/mol. The molecule has 106 valence electrons. The fraction of sp³-hybridized carbons (Fsp3) is 0.143. The molecule has 0 aliphatic heterocycles. The summed E-state index contributed by atoms with van der Waals surface area (Å²) in [6.45, 7) is 0.0183. The molecule has 0 saturated heterocycles. The number of hydrogen-bond acceptors (Lipinski definition) is 4. The number of amides is 1. The average Bonchev–Trinajstić information content (AvgIpc) is 2.49. The topological polar surface area (TPSA) is 69.9 Å². The molecule has 0 atom stereocenters. The first-order chi connectivity index (χ1) is 10.0. The summed E-state index contributed by atoms with van der Waals surface area (Å²) in [5.41, 5.74) is 0.698. The van der Waals surface area contributed by atoms with Crippen molar-refractivity contribution in [2.75, 3.05) is 7.05 Å². The van der Waals surface area contributed by atoms with Crippen molar-refractivity contribution in [1.29, 1.82) is 5.26 Å². The largest absolute Gasteiger partial charge is 0.336 e. The molecule has 0 bridgehead atoms. The van der Waals surface area contributed by atoms with Gasteiger partial charge in [0, 0.05) is 19.2 Å². The highest BCUT2D eigenvalue weighted by Gasteiger charge is 2.16. The molecule has 2 rings (SSSR count). The summed E-state index contributed by atoms with van der Waals surface area (Å²) in [6, 6.07) is 5.92. The van der Waals surface area contributed by atoms with Crippen LogP contribution in [0.4, 0.5) is 4.39 Å². The zero-order valence-electron chi connectivity index (χ0n) is 11.0. The maximum absolute atomic E-state index is 13.7. The van der Waals surface area contributed by atoms with Gasteiger partial charge in [-0.15, -0.1) is 0 Å². The van der Waals surface area contributed by atoms with E-state index < -0.39 is 11.7 Å². The summed E-state index contributed by atoms with van der Waals surface area (Å²) >= 11 is 5.60. The van der Waals surface area contributed by atoms with E-state index in [2.05, 4.69) is 9.97 Å². The second-order valence-corrected chi connectivity index (χ2v) is 4.69. The molecule has 0 aliphatic carbocycles. The summed E-state index contributed by atoms with van der Waals surface area (Å²) in [5.74, 6) is -0.892. The molecule has 2 aromatic rings. The third kappa shape index (κ3) is 3.52. The van der Waals surface area contributed by atoms with E-state index in [0.29, 0.717) is 5.56 Å². The number of carbonyl (C=O) groups excluding carboxylic acids is 1. The van der Waals surface area contributed by atoms with Crippen LogP contribution in [-0.4, -0.2) is 27.8 Å². The van der Waals surface area contributed by atoms with Crippen molar-refractivity contribution >= 4 is 17.5 Å². The lowest BCUT2D eigenvalue weighted by molar-refractivity contribution is 0.0777. The van der Waals surface area contributed by atoms with Crippen LogP contribution in [0.1, 0.15) is 21.6 Å². The van der Waals surface area contributed by atoms with Crippen molar-refractivity contribution in [2.24, 2.45) is 0 Å². The van der Waals surface area contributed by atoms with Crippen molar-refractivity contribution < 1.29 is 9.18 Å². The Morgan fingerprint density at radius 2 is 2.19 bits per heavy atom. The van der Waals surface area contributed by atoms with Gasteiger partial charge in [-0.25, -0.2) is 14.4 Å². The maximum Gasteiger partial charge on any atom is 0.274 e. The fourth-order valence-electron chi connectivity index (χ4n) is 1.71. The van der Waals surface area contributed by atoms with Crippen LogP contribution in [0.15, 0.2) is 30.6 Å². The van der Waals surface area contributed by atoms with E-state index in [1.165, 1.54) is 42.5 Å². The van der Waals surface area contributed by atoms with Gasteiger partial charge in [-0.1, -0.05) is 11.6 Å². The number of benzene rings is 1. The molecule has 0 radical (unpaired) electrons. The van der Waals surface area contributed by atoms with Crippen LogP contribution in [0.25, 0.3) is 0 Å². The van der Waals surface area contributed by atoms with Gasteiger partial charge in [-0.2, -0.15) is 5.26 Å². The van der Waals surface area contributed by atoms with Crippen molar-refractivity contribution in [3.63, 3.8) is 0 Å². The molecule has 0 spiro atoms. The highest BCUT2D eigenvalue weighted by Crippen LogP contribution is 2.13. The number of halogens is 2. The van der Waals surface area contributed by atoms with E-state index in [1.54, 1.807) is 0 Å². The third-order valence-electron chi connectivity index (χ3n) is 2.77. The minimum absolute atomic E-state index is 0.0183. The first-order valence-corrected chi connectivity index (χ1v) is 6.30. The van der Waals surface area contributed by atoms with Gasteiger partial charge in [0.05, 0.1) is 24.0 Å². The first kappa shape index (κ1) is 14.9. The summed E-state index contributed by atoms with van der Waals surface area (Å²) < 4.78 is 13.7. The van der Waals surface area contributed by atoms with E-state index in [-0.39, 0.29) is 23.0 Å². The van der Waals surface area contributed by atoms with E-state index in [4.69, 9.17) is 16.9 Å². The summed E-state index contributed by atoms with van der Waals surface area (Å²) in [5, 5.41) is 9.00. The molecule has 1 aromatic heterocycles. The number of aromatic nitrogens is 2. The van der Waals surface area contributed by atoms with Crippen LogP contribution in [0.5, 0.6) is 0 Å². The van der Waals surface area contributed by atoms with Crippen molar-refractivity contribution in [1.82, 2.24) is 14.9 Å². The molecule has 7 heteroatoms. The molecule has 0 saturated carbocycles. The molecular formula is C14H10ClFN4O. The SMILES string of the molecule is CN(Cc1cc(C#N)ccc1F)C(=O)c1cnc(Cl)cn1. The zero-order valence-corrected chi connectivity index (χ0v) is 11.8. The van der Waals surface area contributed by atoms with E-state index in [1.807, 2.05) is 6.07 Å². The first-order valence-electron chi connectivity index (χ1n) is 5.93. The van der Waals surface area contributed by atoms with Gasteiger partial charge in [0.25, 0.3) is 5.91 Å². The fourth-order valence-corrected chi connectivity index (χ4v) is 1.81. The molecule has 0 N–H and O–H groups in total. The Balaban J connectivity index is 2.18. The smallest absolute Gasteiger partial charge is 0.274 e. The predicted octanol–water partition coefficient (Wildman–Crippen LogP) is 2.41. The zero-order chi connectivity index (χ0) is 15.4. The summed E-state index contributed by atoms with van der Waals surface area (Å²) in [7, 11) is 1.51. The van der Waals surface area contributed by atoms with Gasteiger partial charge < -0.3 is 4.90 Å². The van der Waals surface area contributed by atoms with Crippen LogP contribution < -0.4 is 0 Å². The Kier molecular flexibility index (Phi) is 4.45. The summed E-state index contributed by atoms with van der Waals surface area (Å²) in [6.07, 6.45) is 2.52. The minimum atomic E-state index is -0.476. The lowest BCUT2D eigenvalue weighted by Crippen LogP contribution is -2.27. The van der Waals surface area contributed by atoms with Crippen LogP contribution in [0.3, 0.4) is 0 Å². The summed E-state index contributed by atoms with van der Waals surface area (Å²) in [4.78, 5) is 21.0. The average molecular weight is 305 g/mol. The van der Waals surface area contributed by atoms with Gasteiger partial charge in [-0.05, 0) is 18.2 Å². The Morgan fingerprint density at radius 1 is 1.43 bits per heavy atom. The maximum atomic E-state index is 13.7. The Hall–Kier alpha value is -2.52. The van der Waals surface area contributed by atoms with Crippen LogP contribution in [0.2, 0.25) is 5.15 Å². The minimum Gasteiger partial charge on any atom is -0.336 e. The quantitative estimate of drug-likeness (QED) is 0.873. The van der Waals surface area contributed by atoms with Gasteiger partial charge in [0.1, 0.15) is 16.7 Å². The molecule has 1 amide bonds. The highest BCUT2D eigenvalue weighted by atomic mass is 35.5. The highest BCUT2D eigenvalue weighted by molar-refractivity contribution is 6.29. The Labute approximate surface area is 125 Å². The lowest BCUT2D eigenvalue weighted by atomic mass is 10.1. The van der Waals surface area contributed by atoms with Crippen LogP contribution in [0, 0.1) is 17.1 Å². The second-order valence-electron chi connectivity index (χ2n) is 4.30. The Bertz CT molecular complexity index is 712. The normalized spacial score (nSPS) is 10.0. The number of nitriles is 1. The number of rotatable bonds is 3.